The van der Waals surface area contributed by atoms with E-state index < -0.39 is 10.0 Å². The summed E-state index contributed by atoms with van der Waals surface area (Å²) in [6, 6.07) is 9.47. The molecule has 0 saturated heterocycles. The fourth-order valence-electron chi connectivity index (χ4n) is 3.53. The van der Waals surface area contributed by atoms with Gasteiger partial charge in [0, 0.05) is 30.8 Å². The smallest absolute Gasteiger partial charge is 0.222 e. The number of hydrogen-bond acceptors (Lipinski definition) is 5. The number of nitrogens with zero attached hydrogens (tertiary/aromatic N) is 4. The van der Waals surface area contributed by atoms with Gasteiger partial charge in [0.15, 0.2) is 0 Å². The zero-order chi connectivity index (χ0) is 21.5. The van der Waals surface area contributed by atoms with Crippen LogP contribution in [0.5, 0.6) is 0 Å². The van der Waals surface area contributed by atoms with Crippen molar-refractivity contribution in [3.63, 3.8) is 0 Å². The molecular weight excluding hydrogens is 409 g/mol. The molecule has 3 heterocycles. The van der Waals surface area contributed by atoms with Gasteiger partial charge in [-0.2, -0.15) is 9.40 Å². The molecule has 2 aromatic heterocycles. The molecular formula is C20H20FN5O3S. The minimum atomic E-state index is -3.38. The number of halogens is 1. The summed E-state index contributed by atoms with van der Waals surface area (Å²) in [4.78, 5) is 15.6. The van der Waals surface area contributed by atoms with Crippen LogP contribution < -0.4 is 5.32 Å². The molecule has 0 radical (unpaired) electrons. The highest BCUT2D eigenvalue weighted by Gasteiger charge is 2.29. The predicted octanol–water partition coefficient (Wildman–Crippen LogP) is 2.48. The topological polar surface area (TPSA) is 97.2 Å². The zero-order valence-electron chi connectivity index (χ0n) is 16.5. The Morgan fingerprint density at radius 1 is 1.13 bits per heavy atom. The van der Waals surface area contributed by atoms with Crippen molar-refractivity contribution in [3.05, 3.63) is 54.1 Å². The lowest BCUT2D eigenvalue weighted by molar-refractivity contribution is -0.114. The van der Waals surface area contributed by atoms with E-state index in [0.717, 1.165) is 16.8 Å². The predicted molar refractivity (Wildman–Crippen MR) is 110 cm³/mol. The third-order valence-electron chi connectivity index (χ3n) is 4.88. The van der Waals surface area contributed by atoms with Crippen LogP contribution in [0.15, 0.2) is 42.6 Å². The van der Waals surface area contributed by atoms with Crippen LogP contribution in [0.3, 0.4) is 0 Å². The van der Waals surface area contributed by atoms with Gasteiger partial charge >= 0.3 is 0 Å². The second-order valence-corrected chi connectivity index (χ2v) is 9.09. The Labute approximate surface area is 173 Å². The molecule has 0 spiro atoms. The van der Waals surface area contributed by atoms with Gasteiger partial charge in [-0.3, -0.25) is 9.48 Å². The molecule has 1 aromatic carbocycles. The molecule has 156 valence electrons. The normalized spacial score (nSPS) is 14.4. The second-order valence-electron chi connectivity index (χ2n) is 7.11. The summed E-state index contributed by atoms with van der Waals surface area (Å²) in [5, 5.41) is 7.35. The van der Waals surface area contributed by atoms with E-state index in [1.165, 1.54) is 29.6 Å². The minimum Gasteiger partial charge on any atom is -0.311 e. The maximum absolute atomic E-state index is 13.5. The number of hydrogen-bond donors (Lipinski definition) is 1. The number of pyridine rings is 1. The first-order valence-corrected chi connectivity index (χ1v) is 11.1. The zero-order valence-corrected chi connectivity index (χ0v) is 17.3. The van der Waals surface area contributed by atoms with Crippen LogP contribution in [0.25, 0.3) is 22.4 Å². The number of carbonyl (C=O) groups excluding carboxylic acids is 1. The van der Waals surface area contributed by atoms with Gasteiger partial charge in [-0.1, -0.05) is 0 Å². The number of fused-ring (bicyclic) bond motifs is 1. The Morgan fingerprint density at radius 2 is 1.87 bits per heavy atom. The third kappa shape index (κ3) is 3.96. The standard InChI is InChI=1S/C20H20FN5O3S/c1-13(27)23-18-11-15(7-8-22-18)19-17-12-25(30(2,28)29)9-10-26(17)24-20(19)14-3-5-16(21)6-4-14/h3-8,11H,9-10,12H2,1-2H3,(H,22,23,27). The molecule has 1 aliphatic heterocycles. The first-order valence-electron chi connectivity index (χ1n) is 9.27. The van der Waals surface area contributed by atoms with E-state index in [2.05, 4.69) is 10.3 Å². The fourth-order valence-corrected chi connectivity index (χ4v) is 4.30. The highest BCUT2D eigenvalue weighted by molar-refractivity contribution is 7.88. The van der Waals surface area contributed by atoms with Crippen molar-refractivity contribution in [1.82, 2.24) is 19.1 Å². The molecule has 30 heavy (non-hydrogen) atoms. The average molecular weight is 429 g/mol. The monoisotopic (exact) mass is 429 g/mol. The van der Waals surface area contributed by atoms with E-state index in [1.54, 1.807) is 35.1 Å². The molecule has 1 aliphatic rings. The van der Waals surface area contributed by atoms with Crippen molar-refractivity contribution in [2.45, 2.75) is 20.0 Å². The summed E-state index contributed by atoms with van der Waals surface area (Å²) in [7, 11) is -3.38. The van der Waals surface area contributed by atoms with E-state index >= 15 is 0 Å². The first kappa shape index (κ1) is 20.2. The van der Waals surface area contributed by atoms with E-state index in [4.69, 9.17) is 5.10 Å². The summed E-state index contributed by atoms with van der Waals surface area (Å²) < 4.78 is 40.9. The van der Waals surface area contributed by atoms with Gasteiger partial charge in [-0.05, 0) is 42.0 Å². The lowest BCUT2D eigenvalue weighted by atomic mass is 9.99. The molecule has 0 unspecified atom stereocenters. The number of benzene rings is 1. The van der Waals surface area contributed by atoms with E-state index in [1.807, 2.05) is 0 Å². The maximum Gasteiger partial charge on any atom is 0.222 e. The van der Waals surface area contributed by atoms with Gasteiger partial charge in [0.05, 0.1) is 25.0 Å². The maximum atomic E-state index is 13.5. The molecule has 8 nitrogen and oxygen atoms in total. The summed E-state index contributed by atoms with van der Waals surface area (Å²) in [6.07, 6.45) is 2.75. The molecule has 4 rings (SSSR count). The van der Waals surface area contributed by atoms with Crippen LogP contribution in [0, 0.1) is 5.82 Å². The molecule has 10 heteroatoms. The van der Waals surface area contributed by atoms with Gasteiger partial charge in [-0.15, -0.1) is 0 Å². The lowest BCUT2D eigenvalue weighted by Gasteiger charge is -2.26. The Bertz CT molecular complexity index is 1220. The summed E-state index contributed by atoms with van der Waals surface area (Å²) in [5.74, 6) is -0.233. The summed E-state index contributed by atoms with van der Waals surface area (Å²) >= 11 is 0. The second kappa shape index (κ2) is 7.62. The van der Waals surface area contributed by atoms with Crippen LogP contribution in [0.1, 0.15) is 12.6 Å². The summed E-state index contributed by atoms with van der Waals surface area (Å²) in [6.45, 7) is 2.29. The molecule has 1 amide bonds. The van der Waals surface area contributed by atoms with Crippen molar-refractivity contribution < 1.29 is 17.6 Å². The third-order valence-corrected chi connectivity index (χ3v) is 6.13. The SMILES string of the molecule is CC(=O)Nc1cc(-c2c(-c3ccc(F)cc3)nn3c2CN(S(C)(=O)=O)CC3)ccn1. The van der Waals surface area contributed by atoms with Crippen molar-refractivity contribution in [2.75, 3.05) is 18.1 Å². The highest BCUT2D eigenvalue weighted by atomic mass is 32.2. The van der Waals surface area contributed by atoms with Gasteiger partial charge in [0.2, 0.25) is 15.9 Å². The first-order chi connectivity index (χ1) is 14.2. The number of sulfonamides is 1. The lowest BCUT2D eigenvalue weighted by Crippen LogP contribution is -2.37. The number of anilines is 1. The van der Waals surface area contributed by atoms with E-state index in [9.17, 15) is 17.6 Å². The van der Waals surface area contributed by atoms with Crippen LogP contribution in [-0.2, 0) is 27.9 Å². The molecule has 3 aromatic rings. The van der Waals surface area contributed by atoms with Crippen molar-refractivity contribution in [3.8, 4) is 22.4 Å². The van der Waals surface area contributed by atoms with E-state index in [-0.39, 0.29) is 18.3 Å². The average Bonchev–Trinajstić information content (AvgIpc) is 3.06. The van der Waals surface area contributed by atoms with Crippen LogP contribution >= 0.6 is 0 Å². The van der Waals surface area contributed by atoms with Gasteiger partial charge in [0.1, 0.15) is 17.3 Å². The Balaban J connectivity index is 1.90. The fraction of sp³-hybridized carbons (Fsp3) is 0.250. The van der Waals surface area contributed by atoms with E-state index in [0.29, 0.717) is 30.2 Å². The van der Waals surface area contributed by atoms with Crippen LogP contribution in [-0.4, -0.2) is 46.2 Å². The Morgan fingerprint density at radius 3 is 2.53 bits per heavy atom. The molecule has 0 bridgehead atoms. The van der Waals surface area contributed by atoms with Crippen molar-refractivity contribution in [1.29, 1.82) is 0 Å². The number of rotatable bonds is 4. The molecule has 0 fully saturated rings. The molecule has 0 aliphatic carbocycles. The summed E-state index contributed by atoms with van der Waals surface area (Å²) in [5.41, 5.74) is 3.50. The number of amides is 1. The molecule has 0 saturated carbocycles. The number of carbonyl (C=O) groups is 1. The molecule has 0 atom stereocenters. The van der Waals surface area contributed by atoms with Crippen LogP contribution in [0.4, 0.5) is 10.2 Å². The largest absolute Gasteiger partial charge is 0.311 e. The Kier molecular flexibility index (Phi) is 5.12. The molecule has 1 N–H and O–H groups in total. The van der Waals surface area contributed by atoms with Gasteiger partial charge in [-0.25, -0.2) is 17.8 Å². The minimum absolute atomic E-state index is 0.167. The quantitative estimate of drug-likeness (QED) is 0.687. The van der Waals surface area contributed by atoms with Gasteiger partial charge < -0.3 is 5.32 Å². The highest BCUT2D eigenvalue weighted by Crippen LogP contribution is 2.37. The van der Waals surface area contributed by atoms with Crippen LogP contribution in [0.2, 0.25) is 0 Å². The number of aromatic nitrogens is 3. The van der Waals surface area contributed by atoms with Gasteiger partial charge in [0.25, 0.3) is 0 Å². The van der Waals surface area contributed by atoms with Crippen molar-refractivity contribution in [2.24, 2.45) is 0 Å². The number of nitrogens with one attached hydrogen (secondary N) is 1. The van der Waals surface area contributed by atoms with Crippen molar-refractivity contribution >= 4 is 21.7 Å². The Hall–Kier alpha value is -3.11.